The summed E-state index contributed by atoms with van der Waals surface area (Å²) in [4.78, 5) is 3.73. The quantitative estimate of drug-likeness (QED) is 0.314. The first-order chi connectivity index (χ1) is 4.20. The van der Waals surface area contributed by atoms with Crippen LogP contribution in [0.3, 0.4) is 0 Å². The van der Waals surface area contributed by atoms with Gasteiger partial charge in [-0.1, -0.05) is 5.57 Å². The zero-order valence-corrected chi connectivity index (χ0v) is 5.97. The molecule has 0 heterocycles. The first kappa shape index (κ1) is 8.17. The Morgan fingerprint density at radius 3 is 2.22 bits per heavy atom. The van der Waals surface area contributed by atoms with Crippen molar-refractivity contribution in [1.29, 1.82) is 0 Å². The third-order valence-electron chi connectivity index (χ3n) is 0.781. The Morgan fingerprint density at radius 2 is 2.11 bits per heavy atom. The van der Waals surface area contributed by atoms with Crippen molar-refractivity contribution in [2.24, 2.45) is 4.99 Å². The Balaban J connectivity index is 4.01. The zero-order chi connectivity index (χ0) is 7.28. The van der Waals surface area contributed by atoms with E-state index in [1.165, 1.54) is 0 Å². The number of hydrogen-bond acceptors (Lipinski definition) is 2. The lowest BCUT2D eigenvalue weighted by Crippen LogP contribution is -2.16. The smallest absolute Gasteiger partial charge is 0.144 e. The highest BCUT2D eigenvalue weighted by atomic mass is 16.5. The van der Waals surface area contributed by atoms with Crippen molar-refractivity contribution in [3.8, 4) is 0 Å². The third kappa shape index (κ3) is 3.73. The maximum Gasteiger partial charge on any atom is 0.144 e. The summed E-state index contributed by atoms with van der Waals surface area (Å²) < 4.78 is 0. The average Bonchev–Trinajstić information content (AvgIpc) is 1.82. The number of aliphatic imine (C=N–C) groups is 1. The van der Waals surface area contributed by atoms with Gasteiger partial charge >= 0.3 is 0 Å². The van der Waals surface area contributed by atoms with Gasteiger partial charge in [-0.25, -0.2) is 0 Å². The second-order valence-corrected chi connectivity index (χ2v) is 1.94. The van der Waals surface area contributed by atoms with E-state index in [1.807, 2.05) is 19.3 Å². The van der Waals surface area contributed by atoms with Gasteiger partial charge in [0, 0.05) is 7.05 Å². The minimum Gasteiger partial charge on any atom is -0.290 e. The van der Waals surface area contributed by atoms with Gasteiger partial charge in [-0.3, -0.25) is 15.7 Å². The van der Waals surface area contributed by atoms with Crippen LogP contribution in [-0.4, -0.2) is 18.1 Å². The maximum absolute atomic E-state index is 8.35. The van der Waals surface area contributed by atoms with E-state index in [0.717, 1.165) is 5.57 Å². The Bertz CT molecular complexity index is 134. The monoisotopic (exact) mass is 128 g/mol. The molecule has 0 unspecified atom stereocenters. The molecule has 2 N–H and O–H groups in total. The largest absolute Gasteiger partial charge is 0.290 e. The molecule has 52 valence electrons. The molecule has 0 saturated heterocycles. The Labute approximate surface area is 55.1 Å². The number of hydroxylamine groups is 1. The van der Waals surface area contributed by atoms with Crippen molar-refractivity contribution in [3.63, 3.8) is 0 Å². The van der Waals surface area contributed by atoms with E-state index < -0.39 is 0 Å². The van der Waals surface area contributed by atoms with Gasteiger partial charge in [0.05, 0.1) is 0 Å². The lowest BCUT2D eigenvalue weighted by atomic mass is 10.3. The molecule has 0 fully saturated rings. The summed E-state index contributed by atoms with van der Waals surface area (Å²) in [7, 11) is 1.61. The molecular weight excluding hydrogens is 116 g/mol. The number of rotatable bonds is 1. The summed E-state index contributed by atoms with van der Waals surface area (Å²) in [5.74, 6) is 0.481. The van der Waals surface area contributed by atoms with E-state index >= 15 is 0 Å². The molecule has 9 heavy (non-hydrogen) atoms. The van der Waals surface area contributed by atoms with Crippen molar-refractivity contribution < 1.29 is 5.21 Å². The van der Waals surface area contributed by atoms with Crippen LogP contribution in [0.5, 0.6) is 0 Å². The molecule has 3 heteroatoms. The van der Waals surface area contributed by atoms with Gasteiger partial charge in [-0.2, -0.15) is 0 Å². The van der Waals surface area contributed by atoms with Crippen molar-refractivity contribution in [2.45, 2.75) is 13.8 Å². The molecule has 0 aromatic rings. The van der Waals surface area contributed by atoms with E-state index in [-0.39, 0.29) is 0 Å². The Morgan fingerprint density at radius 1 is 1.56 bits per heavy atom. The first-order valence-corrected chi connectivity index (χ1v) is 2.72. The first-order valence-electron chi connectivity index (χ1n) is 2.72. The highest BCUT2D eigenvalue weighted by molar-refractivity contribution is 5.92. The minimum absolute atomic E-state index is 0.481. The second-order valence-electron chi connectivity index (χ2n) is 1.94. The summed E-state index contributed by atoms with van der Waals surface area (Å²) in [6.07, 6.45) is 1.75. The minimum atomic E-state index is 0.481. The standard InChI is InChI=1S/C6H12N2O/c1-5(2)4-6(7-3)8-9/h4,9H,1-3H3,(H,7,8). The average molecular weight is 128 g/mol. The van der Waals surface area contributed by atoms with Crippen LogP contribution in [0.4, 0.5) is 0 Å². The highest BCUT2D eigenvalue weighted by Crippen LogP contribution is 1.87. The molecule has 0 saturated carbocycles. The van der Waals surface area contributed by atoms with Gasteiger partial charge in [0.25, 0.3) is 0 Å². The highest BCUT2D eigenvalue weighted by Gasteiger charge is 1.85. The molecule has 0 rings (SSSR count). The molecular formula is C6H12N2O. The van der Waals surface area contributed by atoms with Crippen molar-refractivity contribution >= 4 is 5.84 Å². The van der Waals surface area contributed by atoms with Gasteiger partial charge in [-0.05, 0) is 19.9 Å². The van der Waals surface area contributed by atoms with Gasteiger partial charge in [0.15, 0.2) is 0 Å². The molecule has 0 aromatic carbocycles. The fourth-order valence-electron chi connectivity index (χ4n) is 0.420. The van der Waals surface area contributed by atoms with Gasteiger partial charge in [0.2, 0.25) is 0 Å². The van der Waals surface area contributed by atoms with E-state index in [2.05, 4.69) is 4.99 Å². The van der Waals surface area contributed by atoms with Gasteiger partial charge in [-0.15, -0.1) is 0 Å². The lowest BCUT2D eigenvalue weighted by Gasteiger charge is -1.95. The molecule has 0 aromatic heterocycles. The fourth-order valence-corrected chi connectivity index (χ4v) is 0.420. The number of amidine groups is 1. The van der Waals surface area contributed by atoms with Crippen LogP contribution >= 0.6 is 0 Å². The molecule has 0 aliphatic rings. The predicted octanol–water partition coefficient (Wildman–Crippen LogP) is 0.960. The van der Waals surface area contributed by atoms with Crippen LogP contribution in [0.2, 0.25) is 0 Å². The van der Waals surface area contributed by atoms with Crippen LogP contribution in [0.25, 0.3) is 0 Å². The second kappa shape index (κ2) is 4.09. The lowest BCUT2D eigenvalue weighted by molar-refractivity contribution is 0.235. The topological polar surface area (TPSA) is 44.6 Å². The summed E-state index contributed by atoms with van der Waals surface area (Å²) in [6, 6.07) is 0. The number of nitrogens with zero attached hydrogens (tertiary/aromatic N) is 1. The van der Waals surface area contributed by atoms with Crippen molar-refractivity contribution in [2.75, 3.05) is 7.05 Å². The normalized spacial score (nSPS) is 10.9. The van der Waals surface area contributed by atoms with Gasteiger partial charge in [0.1, 0.15) is 5.84 Å². The Kier molecular flexibility index (Phi) is 3.71. The summed E-state index contributed by atoms with van der Waals surface area (Å²) in [6.45, 7) is 3.87. The molecule has 0 radical (unpaired) electrons. The van der Waals surface area contributed by atoms with Gasteiger partial charge < -0.3 is 0 Å². The van der Waals surface area contributed by atoms with Crippen LogP contribution < -0.4 is 5.48 Å². The predicted molar refractivity (Wildman–Crippen MR) is 37.7 cm³/mol. The number of nitrogens with one attached hydrogen (secondary N) is 1. The molecule has 0 bridgehead atoms. The SMILES string of the molecule is CN=C(C=C(C)C)NO. The molecule has 0 atom stereocenters. The summed E-state index contributed by atoms with van der Waals surface area (Å²) >= 11 is 0. The molecule has 0 aliphatic heterocycles. The molecule has 3 nitrogen and oxygen atoms in total. The van der Waals surface area contributed by atoms with Crippen molar-refractivity contribution in [1.82, 2.24) is 5.48 Å². The molecule has 0 aliphatic carbocycles. The number of hydrogen-bond donors (Lipinski definition) is 2. The molecule has 0 spiro atoms. The van der Waals surface area contributed by atoms with Crippen molar-refractivity contribution in [3.05, 3.63) is 11.6 Å². The van der Waals surface area contributed by atoms with Crippen LogP contribution in [0, 0.1) is 0 Å². The Hall–Kier alpha value is -0.830. The van der Waals surface area contributed by atoms with E-state index in [9.17, 15) is 0 Å². The van der Waals surface area contributed by atoms with E-state index in [4.69, 9.17) is 5.21 Å². The third-order valence-corrected chi connectivity index (χ3v) is 0.781. The van der Waals surface area contributed by atoms with Crippen LogP contribution in [0.15, 0.2) is 16.6 Å². The zero-order valence-electron chi connectivity index (χ0n) is 5.97. The van der Waals surface area contributed by atoms with Crippen LogP contribution in [0.1, 0.15) is 13.8 Å². The van der Waals surface area contributed by atoms with E-state index in [1.54, 1.807) is 13.1 Å². The maximum atomic E-state index is 8.35. The summed E-state index contributed by atoms with van der Waals surface area (Å²) in [5, 5.41) is 8.35. The fraction of sp³-hybridized carbons (Fsp3) is 0.500. The summed E-state index contributed by atoms with van der Waals surface area (Å²) in [5.41, 5.74) is 3.05. The van der Waals surface area contributed by atoms with Crippen LogP contribution in [-0.2, 0) is 0 Å². The number of allylic oxidation sites excluding steroid dienone is 1. The van der Waals surface area contributed by atoms with E-state index in [0.29, 0.717) is 5.84 Å². The molecule has 0 amide bonds.